The Morgan fingerprint density at radius 2 is 1.81 bits per heavy atom. The van der Waals surface area contributed by atoms with Crippen molar-refractivity contribution in [3.8, 4) is 0 Å². The van der Waals surface area contributed by atoms with E-state index in [9.17, 15) is 9.90 Å². The van der Waals surface area contributed by atoms with Gasteiger partial charge in [0.15, 0.2) is 0 Å². The molecule has 2 aromatic rings. The SMILES string of the molecule is CC(CNC(=O)OC(C)(C)C)c1cccc(C(O)c2ccccc2N)c1. The number of rotatable bonds is 5. The van der Waals surface area contributed by atoms with Crippen molar-refractivity contribution in [2.45, 2.75) is 45.3 Å². The van der Waals surface area contributed by atoms with E-state index in [0.29, 0.717) is 17.8 Å². The molecule has 2 atom stereocenters. The molecule has 0 radical (unpaired) electrons. The summed E-state index contributed by atoms with van der Waals surface area (Å²) in [6.45, 7) is 7.95. The van der Waals surface area contributed by atoms with E-state index in [-0.39, 0.29) is 5.92 Å². The van der Waals surface area contributed by atoms with Gasteiger partial charge in [0.05, 0.1) is 0 Å². The Kier molecular flexibility index (Phi) is 6.27. The van der Waals surface area contributed by atoms with Gasteiger partial charge in [-0.3, -0.25) is 0 Å². The van der Waals surface area contributed by atoms with Gasteiger partial charge in [0, 0.05) is 17.8 Å². The molecule has 2 unspecified atom stereocenters. The van der Waals surface area contributed by atoms with Crippen molar-refractivity contribution >= 4 is 11.8 Å². The van der Waals surface area contributed by atoms with Crippen molar-refractivity contribution in [1.82, 2.24) is 5.32 Å². The molecule has 2 aromatic carbocycles. The number of alkyl carbamates (subject to hydrolysis) is 1. The molecule has 26 heavy (non-hydrogen) atoms. The first-order valence-electron chi connectivity index (χ1n) is 8.76. The van der Waals surface area contributed by atoms with Gasteiger partial charge in [0.2, 0.25) is 0 Å². The minimum Gasteiger partial charge on any atom is -0.444 e. The lowest BCUT2D eigenvalue weighted by Crippen LogP contribution is -2.34. The summed E-state index contributed by atoms with van der Waals surface area (Å²) >= 11 is 0. The molecule has 1 amide bonds. The Bertz CT molecular complexity index is 753. The minimum absolute atomic E-state index is 0.0720. The van der Waals surface area contributed by atoms with Crippen LogP contribution < -0.4 is 11.1 Å². The highest BCUT2D eigenvalue weighted by atomic mass is 16.6. The first-order chi connectivity index (χ1) is 12.2. The Hall–Kier alpha value is -2.53. The molecule has 0 heterocycles. The molecule has 0 aromatic heterocycles. The minimum atomic E-state index is -0.790. The van der Waals surface area contributed by atoms with Crippen molar-refractivity contribution < 1.29 is 14.6 Å². The maximum absolute atomic E-state index is 11.8. The Morgan fingerprint density at radius 1 is 1.15 bits per heavy atom. The summed E-state index contributed by atoms with van der Waals surface area (Å²) in [4.78, 5) is 11.8. The summed E-state index contributed by atoms with van der Waals surface area (Å²) < 4.78 is 5.25. The molecule has 5 heteroatoms. The van der Waals surface area contributed by atoms with E-state index in [4.69, 9.17) is 10.5 Å². The predicted molar refractivity (Wildman–Crippen MR) is 104 cm³/mol. The lowest BCUT2D eigenvalue weighted by atomic mass is 9.94. The molecule has 4 N–H and O–H groups in total. The van der Waals surface area contributed by atoms with Crippen LogP contribution in [0.25, 0.3) is 0 Å². The smallest absolute Gasteiger partial charge is 0.407 e. The molecule has 0 saturated heterocycles. The van der Waals surface area contributed by atoms with E-state index in [0.717, 1.165) is 11.1 Å². The van der Waals surface area contributed by atoms with Crippen molar-refractivity contribution in [2.24, 2.45) is 0 Å². The number of aliphatic hydroxyl groups excluding tert-OH is 1. The zero-order chi connectivity index (χ0) is 19.3. The van der Waals surface area contributed by atoms with Gasteiger partial charge in [-0.05, 0) is 43.9 Å². The van der Waals surface area contributed by atoms with E-state index in [1.165, 1.54) is 0 Å². The summed E-state index contributed by atoms with van der Waals surface area (Å²) in [5, 5.41) is 13.4. The normalized spacial score (nSPS) is 13.7. The van der Waals surface area contributed by atoms with Crippen LogP contribution in [0, 0.1) is 0 Å². The van der Waals surface area contributed by atoms with Gasteiger partial charge in [0.25, 0.3) is 0 Å². The number of nitrogens with two attached hydrogens (primary N) is 1. The topological polar surface area (TPSA) is 84.6 Å². The predicted octanol–water partition coefficient (Wildman–Crippen LogP) is 3.98. The van der Waals surface area contributed by atoms with E-state index in [1.807, 2.05) is 70.2 Å². The number of amides is 1. The van der Waals surface area contributed by atoms with Crippen molar-refractivity contribution in [1.29, 1.82) is 0 Å². The second kappa shape index (κ2) is 8.23. The standard InChI is InChI=1S/C21H28N2O3/c1-14(13-23-20(25)26-21(2,3)4)15-8-7-9-16(12-15)19(24)17-10-5-6-11-18(17)22/h5-12,14,19,24H,13,22H2,1-4H3,(H,23,25). The van der Waals surface area contributed by atoms with E-state index in [2.05, 4.69) is 5.32 Å². The van der Waals surface area contributed by atoms with Gasteiger partial charge in [-0.25, -0.2) is 4.79 Å². The molecule has 5 nitrogen and oxygen atoms in total. The van der Waals surface area contributed by atoms with E-state index < -0.39 is 17.8 Å². The van der Waals surface area contributed by atoms with Crippen molar-refractivity contribution in [3.05, 3.63) is 65.2 Å². The van der Waals surface area contributed by atoms with Gasteiger partial charge in [-0.1, -0.05) is 49.4 Å². The number of ether oxygens (including phenoxy) is 1. The molecular formula is C21H28N2O3. The highest BCUT2D eigenvalue weighted by Gasteiger charge is 2.18. The first kappa shape index (κ1) is 19.8. The summed E-state index contributed by atoms with van der Waals surface area (Å²) in [5.41, 5.74) is 8.48. The molecular weight excluding hydrogens is 328 g/mol. The van der Waals surface area contributed by atoms with Crippen LogP contribution in [0.2, 0.25) is 0 Å². The van der Waals surface area contributed by atoms with Crippen molar-refractivity contribution in [3.63, 3.8) is 0 Å². The van der Waals surface area contributed by atoms with Gasteiger partial charge < -0.3 is 20.9 Å². The van der Waals surface area contributed by atoms with Crippen LogP contribution in [0.3, 0.4) is 0 Å². The van der Waals surface area contributed by atoms with Gasteiger partial charge in [-0.2, -0.15) is 0 Å². The zero-order valence-corrected chi connectivity index (χ0v) is 15.8. The van der Waals surface area contributed by atoms with Crippen LogP contribution in [0.1, 0.15) is 56.4 Å². The van der Waals surface area contributed by atoms with Gasteiger partial charge in [0.1, 0.15) is 11.7 Å². The third kappa shape index (κ3) is 5.49. The van der Waals surface area contributed by atoms with Gasteiger partial charge in [-0.15, -0.1) is 0 Å². The highest BCUT2D eigenvalue weighted by molar-refractivity contribution is 5.67. The lowest BCUT2D eigenvalue weighted by Gasteiger charge is -2.21. The van der Waals surface area contributed by atoms with E-state index >= 15 is 0 Å². The molecule has 0 aliphatic rings. The Labute approximate surface area is 155 Å². The third-order valence-electron chi connectivity index (χ3n) is 4.04. The molecule has 0 saturated carbocycles. The molecule has 140 valence electrons. The summed E-state index contributed by atoms with van der Waals surface area (Å²) in [6.07, 6.45) is -1.22. The van der Waals surface area contributed by atoms with E-state index in [1.54, 1.807) is 6.07 Å². The van der Waals surface area contributed by atoms with Crippen LogP contribution >= 0.6 is 0 Å². The summed E-state index contributed by atoms with van der Waals surface area (Å²) in [7, 11) is 0. The molecule has 0 bridgehead atoms. The molecule has 0 aliphatic carbocycles. The van der Waals surface area contributed by atoms with Crippen molar-refractivity contribution in [2.75, 3.05) is 12.3 Å². The van der Waals surface area contributed by atoms with Crippen LogP contribution in [0.15, 0.2) is 48.5 Å². The summed E-state index contributed by atoms with van der Waals surface area (Å²) in [5.74, 6) is 0.0720. The number of carbonyl (C=O) groups is 1. The quantitative estimate of drug-likeness (QED) is 0.708. The summed E-state index contributed by atoms with van der Waals surface area (Å²) in [6, 6.07) is 15.0. The number of anilines is 1. The van der Waals surface area contributed by atoms with Crippen LogP contribution in [0.4, 0.5) is 10.5 Å². The number of aliphatic hydroxyl groups is 1. The number of hydrogen-bond donors (Lipinski definition) is 3. The number of nitrogen functional groups attached to an aromatic ring is 1. The monoisotopic (exact) mass is 356 g/mol. The zero-order valence-electron chi connectivity index (χ0n) is 15.8. The second-order valence-corrected chi connectivity index (χ2v) is 7.49. The average molecular weight is 356 g/mol. The fourth-order valence-electron chi connectivity index (χ4n) is 2.64. The number of carbonyl (C=O) groups excluding carboxylic acids is 1. The largest absolute Gasteiger partial charge is 0.444 e. The van der Waals surface area contributed by atoms with Crippen LogP contribution in [0.5, 0.6) is 0 Å². The Morgan fingerprint density at radius 3 is 2.46 bits per heavy atom. The molecule has 2 rings (SSSR count). The fraction of sp³-hybridized carbons (Fsp3) is 0.381. The number of nitrogens with one attached hydrogen (secondary N) is 1. The first-order valence-corrected chi connectivity index (χ1v) is 8.76. The van der Waals surface area contributed by atoms with Gasteiger partial charge >= 0.3 is 6.09 Å². The average Bonchev–Trinajstić information content (AvgIpc) is 2.58. The molecule has 0 fully saturated rings. The maximum Gasteiger partial charge on any atom is 0.407 e. The van der Waals surface area contributed by atoms with Crippen LogP contribution in [-0.4, -0.2) is 23.3 Å². The molecule has 0 aliphatic heterocycles. The number of hydrogen-bond acceptors (Lipinski definition) is 4. The maximum atomic E-state index is 11.8. The molecule has 0 spiro atoms. The van der Waals surface area contributed by atoms with Crippen LogP contribution in [-0.2, 0) is 4.74 Å². The Balaban J connectivity index is 2.06. The number of para-hydroxylation sites is 1. The second-order valence-electron chi connectivity index (χ2n) is 7.49. The highest BCUT2D eigenvalue weighted by Crippen LogP contribution is 2.28. The number of benzene rings is 2. The third-order valence-corrected chi connectivity index (χ3v) is 4.04. The fourth-order valence-corrected chi connectivity index (χ4v) is 2.64. The lowest BCUT2D eigenvalue weighted by molar-refractivity contribution is 0.0525.